The summed E-state index contributed by atoms with van der Waals surface area (Å²) in [6, 6.07) is 10.1. The van der Waals surface area contributed by atoms with Crippen molar-refractivity contribution in [2.24, 2.45) is 5.73 Å². The maximum Gasteiger partial charge on any atom is 0.280 e. The molecule has 0 spiro atoms. The molecular weight excluding hydrogens is 292 g/mol. The Morgan fingerprint density at radius 3 is 2.74 bits per heavy atom. The summed E-state index contributed by atoms with van der Waals surface area (Å²) >= 11 is 0. The predicted octanol–water partition coefficient (Wildman–Crippen LogP) is 2.10. The third-order valence-electron chi connectivity index (χ3n) is 4.31. The molecule has 7 nitrogen and oxygen atoms in total. The minimum atomic E-state index is -0.457. The van der Waals surface area contributed by atoms with Gasteiger partial charge in [0.15, 0.2) is 11.5 Å². The molecule has 3 aromatic rings. The second kappa shape index (κ2) is 5.58. The van der Waals surface area contributed by atoms with Crippen molar-refractivity contribution in [1.29, 1.82) is 0 Å². The third kappa shape index (κ3) is 2.75. The van der Waals surface area contributed by atoms with E-state index >= 15 is 0 Å². The molecule has 4 rings (SSSR count). The zero-order chi connectivity index (χ0) is 15.7. The third-order valence-corrected chi connectivity index (χ3v) is 4.31. The lowest BCUT2D eigenvalue weighted by Crippen LogP contribution is -2.34. The first kappa shape index (κ1) is 14.1. The maximum atomic E-state index is 6.35. The van der Waals surface area contributed by atoms with Crippen LogP contribution in [0, 0.1) is 0 Å². The Labute approximate surface area is 133 Å². The standard InChI is InChI=1S/C16H18N6O/c17-16(8-4-5-9-16)15-18-14(23-20-15)13-11-22(21-19-13)10-12-6-2-1-3-7-12/h1-3,6-7,11H,4-5,8-10,17H2. The van der Waals surface area contributed by atoms with Gasteiger partial charge in [0.05, 0.1) is 18.3 Å². The number of hydrogen-bond donors (Lipinski definition) is 1. The zero-order valence-electron chi connectivity index (χ0n) is 12.7. The summed E-state index contributed by atoms with van der Waals surface area (Å²) in [6.45, 7) is 0.648. The summed E-state index contributed by atoms with van der Waals surface area (Å²) < 4.78 is 7.09. The number of nitrogens with zero attached hydrogens (tertiary/aromatic N) is 5. The van der Waals surface area contributed by atoms with Crippen molar-refractivity contribution < 1.29 is 4.52 Å². The van der Waals surface area contributed by atoms with Gasteiger partial charge in [0.1, 0.15) is 0 Å². The highest BCUT2D eigenvalue weighted by Gasteiger charge is 2.36. The lowest BCUT2D eigenvalue weighted by molar-refractivity contribution is 0.372. The van der Waals surface area contributed by atoms with Gasteiger partial charge in [-0.05, 0) is 18.4 Å². The molecule has 0 aliphatic heterocycles. The van der Waals surface area contributed by atoms with Gasteiger partial charge in [-0.25, -0.2) is 4.68 Å². The van der Waals surface area contributed by atoms with Crippen LogP contribution in [0.4, 0.5) is 0 Å². The first-order valence-corrected chi connectivity index (χ1v) is 7.80. The molecule has 0 atom stereocenters. The average Bonchev–Trinajstić information content (AvgIpc) is 3.28. The molecule has 1 saturated carbocycles. The van der Waals surface area contributed by atoms with Crippen molar-refractivity contribution in [2.45, 2.75) is 37.8 Å². The predicted molar refractivity (Wildman–Crippen MR) is 83.2 cm³/mol. The Morgan fingerprint density at radius 2 is 1.96 bits per heavy atom. The van der Waals surface area contributed by atoms with Gasteiger partial charge < -0.3 is 10.3 Å². The average molecular weight is 310 g/mol. The fourth-order valence-electron chi connectivity index (χ4n) is 3.00. The lowest BCUT2D eigenvalue weighted by atomic mass is 9.99. The van der Waals surface area contributed by atoms with E-state index < -0.39 is 5.54 Å². The van der Waals surface area contributed by atoms with Gasteiger partial charge in [-0.3, -0.25) is 0 Å². The molecule has 2 N–H and O–H groups in total. The van der Waals surface area contributed by atoms with E-state index in [2.05, 4.69) is 20.5 Å². The Kier molecular flexibility index (Phi) is 3.42. The van der Waals surface area contributed by atoms with E-state index in [1.165, 1.54) is 0 Å². The van der Waals surface area contributed by atoms with E-state index in [1.807, 2.05) is 36.5 Å². The molecule has 1 aromatic carbocycles. The summed E-state index contributed by atoms with van der Waals surface area (Å²) in [5.41, 5.74) is 7.62. The van der Waals surface area contributed by atoms with Crippen LogP contribution in [-0.2, 0) is 12.1 Å². The Hall–Kier alpha value is -2.54. The first-order chi connectivity index (χ1) is 11.2. The minimum absolute atomic E-state index is 0.371. The van der Waals surface area contributed by atoms with Gasteiger partial charge >= 0.3 is 0 Å². The summed E-state index contributed by atoms with van der Waals surface area (Å²) in [7, 11) is 0. The molecule has 2 aromatic heterocycles. The highest BCUT2D eigenvalue weighted by Crippen LogP contribution is 2.35. The minimum Gasteiger partial charge on any atom is -0.332 e. The van der Waals surface area contributed by atoms with E-state index in [0.717, 1.165) is 31.2 Å². The molecule has 1 aliphatic rings. The molecule has 0 radical (unpaired) electrons. The number of hydrogen-bond acceptors (Lipinski definition) is 6. The topological polar surface area (TPSA) is 95.7 Å². The van der Waals surface area contributed by atoms with Crippen molar-refractivity contribution >= 4 is 0 Å². The Balaban J connectivity index is 1.54. The van der Waals surface area contributed by atoms with Gasteiger partial charge in [0.2, 0.25) is 0 Å². The summed E-state index contributed by atoms with van der Waals surface area (Å²) in [5.74, 6) is 0.943. The van der Waals surface area contributed by atoms with Crippen LogP contribution in [0.5, 0.6) is 0 Å². The van der Waals surface area contributed by atoms with Crippen molar-refractivity contribution in [2.75, 3.05) is 0 Å². The highest BCUT2D eigenvalue weighted by molar-refractivity contribution is 5.43. The number of nitrogens with two attached hydrogens (primary N) is 1. The van der Waals surface area contributed by atoms with Crippen molar-refractivity contribution in [3.05, 3.63) is 47.9 Å². The monoisotopic (exact) mass is 310 g/mol. The quantitative estimate of drug-likeness (QED) is 0.793. The second-order valence-corrected chi connectivity index (χ2v) is 6.07. The van der Waals surface area contributed by atoms with E-state index in [9.17, 15) is 0 Å². The summed E-state index contributed by atoms with van der Waals surface area (Å²) in [6.07, 6.45) is 5.81. The van der Waals surface area contributed by atoms with Crippen LogP contribution in [0.1, 0.15) is 37.1 Å². The molecule has 23 heavy (non-hydrogen) atoms. The van der Waals surface area contributed by atoms with E-state index in [0.29, 0.717) is 24.0 Å². The van der Waals surface area contributed by atoms with Crippen molar-refractivity contribution in [3.63, 3.8) is 0 Å². The summed E-state index contributed by atoms with van der Waals surface area (Å²) in [5, 5.41) is 12.3. The molecule has 1 fully saturated rings. The van der Waals surface area contributed by atoms with E-state index in [1.54, 1.807) is 4.68 Å². The van der Waals surface area contributed by atoms with Gasteiger partial charge in [-0.15, -0.1) is 5.10 Å². The normalized spacial score (nSPS) is 16.7. The van der Waals surface area contributed by atoms with Crippen LogP contribution in [0.2, 0.25) is 0 Å². The molecule has 1 aliphatic carbocycles. The van der Waals surface area contributed by atoms with E-state index in [4.69, 9.17) is 10.3 Å². The molecule has 7 heteroatoms. The Bertz CT molecular complexity index is 788. The first-order valence-electron chi connectivity index (χ1n) is 7.80. The largest absolute Gasteiger partial charge is 0.332 e. The van der Waals surface area contributed by atoms with Crippen LogP contribution in [0.3, 0.4) is 0 Å². The molecule has 2 heterocycles. The van der Waals surface area contributed by atoms with Gasteiger partial charge in [0, 0.05) is 0 Å². The smallest absolute Gasteiger partial charge is 0.280 e. The van der Waals surface area contributed by atoms with Crippen LogP contribution in [-0.4, -0.2) is 25.1 Å². The highest BCUT2D eigenvalue weighted by atomic mass is 16.5. The second-order valence-electron chi connectivity index (χ2n) is 6.07. The van der Waals surface area contributed by atoms with Crippen molar-refractivity contribution in [3.8, 4) is 11.6 Å². The number of rotatable bonds is 4. The van der Waals surface area contributed by atoms with Gasteiger partial charge in [-0.1, -0.05) is 53.5 Å². The van der Waals surface area contributed by atoms with Crippen molar-refractivity contribution in [1.82, 2.24) is 25.1 Å². The van der Waals surface area contributed by atoms with Crippen LogP contribution in [0.25, 0.3) is 11.6 Å². The zero-order valence-corrected chi connectivity index (χ0v) is 12.7. The van der Waals surface area contributed by atoms with Crippen LogP contribution in [0.15, 0.2) is 41.1 Å². The molecule has 118 valence electrons. The molecule has 0 amide bonds. The fraction of sp³-hybridized carbons (Fsp3) is 0.375. The fourth-order valence-corrected chi connectivity index (χ4v) is 3.00. The Morgan fingerprint density at radius 1 is 1.17 bits per heavy atom. The SMILES string of the molecule is NC1(c2noc(-c3cn(Cc4ccccc4)nn3)n2)CCCC1. The molecule has 0 saturated heterocycles. The van der Waals surface area contributed by atoms with E-state index in [-0.39, 0.29) is 0 Å². The van der Waals surface area contributed by atoms with Gasteiger partial charge in [-0.2, -0.15) is 4.98 Å². The maximum absolute atomic E-state index is 6.35. The summed E-state index contributed by atoms with van der Waals surface area (Å²) in [4.78, 5) is 4.44. The lowest BCUT2D eigenvalue weighted by Gasteiger charge is -2.17. The molecular formula is C16H18N6O. The van der Waals surface area contributed by atoms with Crippen LogP contribution >= 0.6 is 0 Å². The molecule has 0 unspecified atom stereocenters. The van der Waals surface area contributed by atoms with Crippen LogP contribution < -0.4 is 5.73 Å². The number of aromatic nitrogens is 5. The number of benzene rings is 1. The molecule has 0 bridgehead atoms. The van der Waals surface area contributed by atoms with Gasteiger partial charge in [0.25, 0.3) is 5.89 Å².